The Labute approximate surface area is 230 Å². The fraction of sp³-hybridized carbons (Fsp3) is 0.276. The molecule has 0 unspecified atom stereocenters. The Hall–Kier alpha value is -3.85. The van der Waals surface area contributed by atoms with Gasteiger partial charge in [0.1, 0.15) is 6.61 Å². The van der Waals surface area contributed by atoms with Gasteiger partial charge in [-0.3, -0.25) is 10.1 Å². The van der Waals surface area contributed by atoms with Gasteiger partial charge in [-0.15, -0.1) is 0 Å². The molecule has 200 valence electrons. The molecule has 0 bridgehead atoms. The number of aryl methyl sites for hydroxylation is 1. The van der Waals surface area contributed by atoms with Crippen molar-refractivity contribution in [2.45, 2.75) is 39.3 Å². The van der Waals surface area contributed by atoms with Crippen molar-refractivity contribution in [3.63, 3.8) is 0 Å². The first-order valence-corrected chi connectivity index (χ1v) is 13.0. The molecule has 0 spiro atoms. The molecule has 2 N–H and O–H groups in total. The fourth-order valence-corrected chi connectivity index (χ4v) is 4.20. The van der Waals surface area contributed by atoms with Crippen LogP contribution in [0.15, 0.2) is 77.3 Å². The molecule has 9 heteroatoms. The highest BCUT2D eigenvalue weighted by molar-refractivity contribution is 9.10. The molecule has 0 aliphatic heterocycles. The van der Waals surface area contributed by atoms with Crippen LogP contribution in [0.4, 0.5) is 15.3 Å². The standard InChI is InChI=1S/C29H31BrN2O6/c1-3-36-27(33)18-26(32-29(35)38-19-21-8-5-4-6-9-21)23-10-7-11-25(17-23)31-28(34)37-15-14-22-12-13-24(30)16-20(22)2/h4-13,16-17,26H,3,14-15,18-19H2,1-2H3,(H,31,34)(H,32,35)/t26-/m1/s1. The number of nitrogens with one attached hydrogen (secondary N) is 2. The Kier molecular flexibility index (Phi) is 11.2. The van der Waals surface area contributed by atoms with Crippen LogP contribution in [0.5, 0.6) is 0 Å². The molecule has 3 aromatic carbocycles. The molecule has 0 aliphatic carbocycles. The van der Waals surface area contributed by atoms with Gasteiger partial charge in [-0.2, -0.15) is 0 Å². The second-order valence-corrected chi connectivity index (χ2v) is 9.39. The maximum absolute atomic E-state index is 12.5. The Balaban J connectivity index is 1.60. The summed E-state index contributed by atoms with van der Waals surface area (Å²) in [6.07, 6.45) is -0.795. The Morgan fingerprint density at radius 2 is 1.68 bits per heavy atom. The molecule has 2 amide bonds. The van der Waals surface area contributed by atoms with Crippen molar-refractivity contribution >= 4 is 39.8 Å². The zero-order valence-electron chi connectivity index (χ0n) is 21.4. The first kappa shape index (κ1) is 28.7. The quantitative estimate of drug-likeness (QED) is 0.198. The SMILES string of the molecule is CCOC(=O)C[C@@H](NC(=O)OCc1ccccc1)c1cccc(NC(=O)OCCc2ccc(Br)cc2C)c1. The zero-order valence-corrected chi connectivity index (χ0v) is 23.0. The third-order valence-corrected chi connectivity index (χ3v) is 6.12. The van der Waals surface area contributed by atoms with Crippen molar-refractivity contribution in [1.29, 1.82) is 0 Å². The van der Waals surface area contributed by atoms with Crippen LogP contribution in [0.2, 0.25) is 0 Å². The topological polar surface area (TPSA) is 103 Å². The highest BCUT2D eigenvalue weighted by atomic mass is 79.9. The fourth-order valence-electron chi connectivity index (χ4n) is 3.73. The Bertz CT molecular complexity index is 1230. The van der Waals surface area contributed by atoms with Gasteiger partial charge >= 0.3 is 18.2 Å². The number of carbonyl (C=O) groups excluding carboxylic acids is 3. The molecule has 0 saturated carbocycles. The summed E-state index contributed by atoms with van der Waals surface area (Å²) in [6, 6.07) is 21.3. The third kappa shape index (κ3) is 9.55. The number of ether oxygens (including phenoxy) is 3. The number of benzene rings is 3. The highest BCUT2D eigenvalue weighted by Gasteiger charge is 2.21. The predicted octanol–water partition coefficient (Wildman–Crippen LogP) is 6.47. The van der Waals surface area contributed by atoms with Gasteiger partial charge in [0.15, 0.2) is 0 Å². The number of rotatable bonds is 11. The van der Waals surface area contributed by atoms with E-state index in [1.54, 1.807) is 31.2 Å². The van der Waals surface area contributed by atoms with Gasteiger partial charge in [0.25, 0.3) is 0 Å². The minimum Gasteiger partial charge on any atom is -0.466 e. The van der Waals surface area contributed by atoms with Gasteiger partial charge in [-0.05, 0) is 60.4 Å². The number of esters is 1. The van der Waals surface area contributed by atoms with E-state index in [4.69, 9.17) is 14.2 Å². The van der Waals surface area contributed by atoms with Gasteiger partial charge in [-0.1, -0.05) is 64.5 Å². The molecule has 0 aliphatic rings. The minimum absolute atomic E-state index is 0.0893. The van der Waals surface area contributed by atoms with Gasteiger partial charge in [0.05, 0.1) is 25.7 Å². The number of halogens is 1. The smallest absolute Gasteiger partial charge is 0.411 e. The molecule has 8 nitrogen and oxygen atoms in total. The van der Waals surface area contributed by atoms with Crippen LogP contribution in [0, 0.1) is 6.92 Å². The van der Waals surface area contributed by atoms with Crippen LogP contribution in [-0.2, 0) is 32.0 Å². The van der Waals surface area contributed by atoms with E-state index >= 15 is 0 Å². The van der Waals surface area contributed by atoms with Crippen LogP contribution >= 0.6 is 15.9 Å². The van der Waals surface area contributed by atoms with Gasteiger partial charge in [0, 0.05) is 16.6 Å². The lowest BCUT2D eigenvalue weighted by Crippen LogP contribution is -2.31. The van der Waals surface area contributed by atoms with Crippen LogP contribution < -0.4 is 10.6 Å². The van der Waals surface area contributed by atoms with E-state index in [9.17, 15) is 14.4 Å². The van der Waals surface area contributed by atoms with Crippen LogP contribution in [-0.4, -0.2) is 31.4 Å². The summed E-state index contributed by atoms with van der Waals surface area (Å²) in [5.41, 5.74) is 4.09. The number of alkyl carbamates (subject to hydrolysis) is 1. The Morgan fingerprint density at radius 1 is 0.895 bits per heavy atom. The van der Waals surface area contributed by atoms with E-state index in [1.807, 2.05) is 55.5 Å². The number of hydrogen-bond donors (Lipinski definition) is 2. The summed E-state index contributed by atoms with van der Waals surface area (Å²) in [6.45, 7) is 4.24. The zero-order chi connectivity index (χ0) is 27.3. The van der Waals surface area contributed by atoms with Crippen LogP contribution in [0.25, 0.3) is 0 Å². The summed E-state index contributed by atoms with van der Waals surface area (Å²) in [5, 5.41) is 5.42. The Morgan fingerprint density at radius 3 is 2.42 bits per heavy atom. The summed E-state index contributed by atoms with van der Waals surface area (Å²) < 4.78 is 16.7. The minimum atomic E-state index is -0.726. The number of hydrogen-bond acceptors (Lipinski definition) is 6. The van der Waals surface area contributed by atoms with Gasteiger partial charge in [-0.25, -0.2) is 9.59 Å². The van der Waals surface area contributed by atoms with Crippen LogP contribution in [0.1, 0.15) is 41.6 Å². The average Bonchev–Trinajstić information content (AvgIpc) is 2.89. The molecular formula is C29H31BrN2O6. The lowest BCUT2D eigenvalue weighted by molar-refractivity contribution is -0.143. The molecule has 0 heterocycles. The maximum Gasteiger partial charge on any atom is 0.411 e. The highest BCUT2D eigenvalue weighted by Crippen LogP contribution is 2.22. The number of carbonyl (C=O) groups is 3. The molecule has 3 aromatic rings. The van der Waals surface area contributed by atoms with Gasteiger partial charge in [0.2, 0.25) is 0 Å². The average molecular weight is 583 g/mol. The predicted molar refractivity (Wildman–Crippen MR) is 148 cm³/mol. The van der Waals surface area contributed by atoms with Crippen molar-refractivity contribution in [3.05, 3.63) is 99.5 Å². The van der Waals surface area contributed by atoms with Crippen molar-refractivity contribution < 1.29 is 28.6 Å². The first-order chi connectivity index (χ1) is 18.3. The van der Waals surface area contributed by atoms with E-state index in [0.29, 0.717) is 17.7 Å². The molecule has 0 saturated heterocycles. The molecule has 3 rings (SSSR count). The normalized spacial score (nSPS) is 11.2. The molecular weight excluding hydrogens is 552 g/mol. The van der Waals surface area contributed by atoms with Crippen molar-refractivity contribution in [3.8, 4) is 0 Å². The van der Waals surface area contributed by atoms with E-state index < -0.39 is 24.2 Å². The van der Waals surface area contributed by atoms with Crippen molar-refractivity contribution in [2.75, 3.05) is 18.5 Å². The van der Waals surface area contributed by atoms with Gasteiger partial charge < -0.3 is 19.5 Å². The summed E-state index contributed by atoms with van der Waals surface area (Å²) >= 11 is 3.44. The molecule has 0 fully saturated rings. The monoisotopic (exact) mass is 582 g/mol. The van der Waals surface area contributed by atoms with Crippen molar-refractivity contribution in [2.24, 2.45) is 0 Å². The summed E-state index contributed by atoms with van der Waals surface area (Å²) in [4.78, 5) is 37.1. The summed E-state index contributed by atoms with van der Waals surface area (Å²) in [5.74, 6) is -0.470. The lowest BCUT2D eigenvalue weighted by Gasteiger charge is -2.19. The maximum atomic E-state index is 12.5. The number of amides is 2. The van der Waals surface area contributed by atoms with E-state index in [-0.39, 0.29) is 26.2 Å². The largest absolute Gasteiger partial charge is 0.466 e. The van der Waals surface area contributed by atoms with E-state index in [0.717, 1.165) is 21.2 Å². The first-order valence-electron chi connectivity index (χ1n) is 12.3. The molecule has 38 heavy (non-hydrogen) atoms. The second-order valence-electron chi connectivity index (χ2n) is 8.47. The molecule has 1 atom stereocenters. The van der Waals surface area contributed by atoms with Crippen LogP contribution in [0.3, 0.4) is 0 Å². The molecule has 0 radical (unpaired) electrons. The van der Waals surface area contributed by atoms with E-state index in [1.165, 1.54) is 0 Å². The van der Waals surface area contributed by atoms with E-state index in [2.05, 4.69) is 26.6 Å². The van der Waals surface area contributed by atoms with Crippen molar-refractivity contribution in [1.82, 2.24) is 5.32 Å². The lowest BCUT2D eigenvalue weighted by atomic mass is 10.0. The number of anilines is 1. The second kappa shape index (κ2) is 14.8. The molecule has 0 aromatic heterocycles. The summed E-state index contributed by atoms with van der Waals surface area (Å²) in [7, 11) is 0. The third-order valence-electron chi connectivity index (χ3n) is 5.63.